The molecule has 0 saturated heterocycles. The van der Waals surface area contributed by atoms with E-state index >= 15 is 0 Å². The van der Waals surface area contributed by atoms with Crippen molar-refractivity contribution in [2.75, 3.05) is 0 Å². The molecular formula is C17H15N3. The van der Waals surface area contributed by atoms with Crippen molar-refractivity contribution in [2.45, 2.75) is 20.4 Å². The summed E-state index contributed by atoms with van der Waals surface area (Å²) >= 11 is 0. The average Bonchev–Trinajstić information content (AvgIpc) is 2.79. The second-order valence-corrected chi connectivity index (χ2v) is 5.10. The Hall–Kier alpha value is -2.42. The molecule has 0 aliphatic rings. The zero-order valence-corrected chi connectivity index (χ0v) is 11.6. The summed E-state index contributed by atoms with van der Waals surface area (Å²) in [6.07, 6.45) is 0. The highest BCUT2D eigenvalue weighted by Gasteiger charge is 2.14. The van der Waals surface area contributed by atoms with Gasteiger partial charge in [0.05, 0.1) is 16.6 Å². The Morgan fingerprint density at radius 3 is 2.45 bits per heavy atom. The first-order valence-corrected chi connectivity index (χ1v) is 6.94. The summed E-state index contributed by atoms with van der Waals surface area (Å²) < 4.78 is 2.26. The van der Waals surface area contributed by atoms with E-state index in [2.05, 4.69) is 36.6 Å². The molecule has 20 heavy (non-hydrogen) atoms. The lowest BCUT2D eigenvalue weighted by Gasteiger charge is -2.04. The van der Waals surface area contributed by atoms with Crippen LogP contribution in [0.3, 0.4) is 0 Å². The number of para-hydroxylation sites is 3. The molecule has 0 unspecified atom stereocenters. The summed E-state index contributed by atoms with van der Waals surface area (Å²) in [4.78, 5) is 9.66. The Labute approximate surface area is 116 Å². The van der Waals surface area contributed by atoms with Crippen LogP contribution in [-0.4, -0.2) is 14.5 Å². The molecule has 0 spiro atoms. The molecule has 0 radical (unpaired) electrons. The standard InChI is InChI=1S/C17H15N3/c1-3-20-16-11(2)7-6-8-12(16)15-17(20)19-14-10-5-4-9-13(14)18-15/h4-10H,3H2,1-2H3. The predicted octanol–water partition coefficient (Wildman–Crippen LogP) is 4.07. The molecule has 0 aliphatic heterocycles. The van der Waals surface area contributed by atoms with Gasteiger partial charge in [-0.05, 0) is 31.5 Å². The van der Waals surface area contributed by atoms with Crippen molar-refractivity contribution in [3.05, 3.63) is 48.0 Å². The predicted molar refractivity (Wildman–Crippen MR) is 83.0 cm³/mol. The first kappa shape index (κ1) is 11.4. The van der Waals surface area contributed by atoms with Crippen LogP contribution in [0.15, 0.2) is 42.5 Å². The van der Waals surface area contributed by atoms with Gasteiger partial charge in [0.25, 0.3) is 0 Å². The summed E-state index contributed by atoms with van der Waals surface area (Å²) in [5.41, 5.74) is 6.42. The number of aromatic nitrogens is 3. The molecule has 3 nitrogen and oxygen atoms in total. The molecule has 0 amide bonds. The second-order valence-electron chi connectivity index (χ2n) is 5.10. The van der Waals surface area contributed by atoms with Crippen molar-refractivity contribution in [3.63, 3.8) is 0 Å². The third-order valence-electron chi connectivity index (χ3n) is 3.89. The SMILES string of the molecule is CCn1c2nc3ccccc3nc2c2cccc(C)c21. The van der Waals surface area contributed by atoms with Crippen molar-refractivity contribution >= 4 is 33.1 Å². The molecule has 2 aromatic heterocycles. The molecule has 2 aromatic carbocycles. The molecule has 2 heterocycles. The molecule has 4 aromatic rings. The van der Waals surface area contributed by atoms with Crippen molar-refractivity contribution in [1.29, 1.82) is 0 Å². The fourth-order valence-electron chi connectivity index (χ4n) is 2.98. The van der Waals surface area contributed by atoms with E-state index in [-0.39, 0.29) is 0 Å². The van der Waals surface area contributed by atoms with Gasteiger partial charge in [-0.2, -0.15) is 0 Å². The van der Waals surface area contributed by atoms with E-state index in [1.807, 2.05) is 24.3 Å². The minimum atomic E-state index is 0.901. The van der Waals surface area contributed by atoms with E-state index in [1.165, 1.54) is 16.5 Å². The van der Waals surface area contributed by atoms with E-state index in [1.54, 1.807) is 0 Å². The third-order valence-corrected chi connectivity index (χ3v) is 3.89. The van der Waals surface area contributed by atoms with Crippen LogP contribution in [0.2, 0.25) is 0 Å². The third kappa shape index (κ3) is 1.40. The maximum absolute atomic E-state index is 4.83. The van der Waals surface area contributed by atoms with Crippen LogP contribution >= 0.6 is 0 Å². The highest BCUT2D eigenvalue weighted by molar-refractivity contribution is 6.07. The molecule has 0 atom stereocenters. The molecule has 3 heteroatoms. The van der Waals surface area contributed by atoms with E-state index in [4.69, 9.17) is 9.97 Å². The van der Waals surface area contributed by atoms with Crippen LogP contribution in [0.1, 0.15) is 12.5 Å². The Kier molecular flexibility index (Phi) is 2.30. The number of benzene rings is 2. The Morgan fingerprint density at radius 2 is 1.70 bits per heavy atom. The van der Waals surface area contributed by atoms with Crippen molar-refractivity contribution < 1.29 is 0 Å². The molecule has 0 saturated carbocycles. The second kappa shape index (κ2) is 4.04. The van der Waals surface area contributed by atoms with Gasteiger partial charge in [-0.1, -0.05) is 30.3 Å². The Morgan fingerprint density at radius 1 is 0.950 bits per heavy atom. The smallest absolute Gasteiger partial charge is 0.160 e. The molecular weight excluding hydrogens is 246 g/mol. The van der Waals surface area contributed by atoms with Gasteiger partial charge >= 0.3 is 0 Å². The maximum atomic E-state index is 4.83. The van der Waals surface area contributed by atoms with Crippen LogP contribution in [0.5, 0.6) is 0 Å². The number of rotatable bonds is 1. The largest absolute Gasteiger partial charge is 0.324 e. The van der Waals surface area contributed by atoms with E-state index in [0.717, 1.165) is 28.7 Å². The van der Waals surface area contributed by atoms with Gasteiger partial charge in [0, 0.05) is 11.9 Å². The van der Waals surface area contributed by atoms with Crippen LogP contribution in [0, 0.1) is 6.92 Å². The zero-order chi connectivity index (χ0) is 13.7. The van der Waals surface area contributed by atoms with Crippen LogP contribution < -0.4 is 0 Å². The average molecular weight is 261 g/mol. The van der Waals surface area contributed by atoms with Crippen LogP contribution in [0.4, 0.5) is 0 Å². The summed E-state index contributed by atoms with van der Waals surface area (Å²) in [5.74, 6) is 0. The molecule has 4 rings (SSSR count). The maximum Gasteiger partial charge on any atom is 0.160 e. The van der Waals surface area contributed by atoms with Gasteiger partial charge < -0.3 is 4.57 Å². The Bertz CT molecular complexity index is 951. The first-order chi connectivity index (χ1) is 9.79. The van der Waals surface area contributed by atoms with Gasteiger partial charge in [-0.15, -0.1) is 0 Å². The highest BCUT2D eigenvalue weighted by atomic mass is 15.1. The minimum absolute atomic E-state index is 0.901. The number of aryl methyl sites for hydroxylation is 2. The van der Waals surface area contributed by atoms with Gasteiger partial charge in [-0.25, -0.2) is 9.97 Å². The van der Waals surface area contributed by atoms with Crippen LogP contribution in [0.25, 0.3) is 33.1 Å². The minimum Gasteiger partial charge on any atom is -0.324 e. The van der Waals surface area contributed by atoms with Gasteiger partial charge in [-0.3, -0.25) is 0 Å². The molecule has 0 fully saturated rings. The van der Waals surface area contributed by atoms with Crippen LogP contribution in [-0.2, 0) is 6.54 Å². The molecule has 0 aliphatic carbocycles. The molecule has 0 bridgehead atoms. The number of fused-ring (bicyclic) bond motifs is 4. The van der Waals surface area contributed by atoms with Gasteiger partial charge in [0.2, 0.25) is 0 Å². The fourth-order valence-corrected chi connectivity index (χ4v) is 2.98. The normalized spacial score (nSPS) is 11.7. The topological polar surface area (TPSA) is 30.7 Å². The summed E-state index contributed by atoms with van der Waals surface area (Å²) in [5, 5.41) is 1.19. The summed E-state index contributed by atoms with van der Waals surface area (Å²) in [6.45, 7) is 5.20. The highest BCUT2D eigenvalue weighted by Crippen LogP contribution is 2.29. The zero-order valence-electron chi connectivity index (χ0n) is 11.6. The lowest BCUT2D eigenvalue weighted by atomic mass is 10.1. The monoisotopic (exact) mass is 261 g/mol. The number of hydrogen-bond donors (Lipinski definition) is 0. The van der Waals surface area contributed by atoms with Crippen molar-refractivity contribution in [2.24, 2.45) is 0 Å². The van der Waals surface area contributed by atoms with E-state index in [0.29, 0.717) is 0 Å². The van der Waals surface area contributed by atoms with Gasteiger partial charge in [0.1, 0.15) is 5.52 Å². The van der Waals surface area contributed by atoms with Gasteiger partial charge in [0.15, 0.2) is 5.65 Å². The lowest BCUT2D eigenvalue weighted by molar-refractivity contribution is 0.815. The fraction of sp³-hybridized carbons (Fsp3) is 0.176. The molecule has 98 valence electrons. The number of nitrogens with zero attached hydrogens (tertiary/aromatic N) is 3. The molecule has 0 N–H and O–H groups in total. The van der Waals surface area contributed by atoms with Crippen molar-refractivity contribution in [3.8, 4) is 0 Å². The summed E-state index contributed by atoms with van der Waals surface area (Å²) in [7, 11) is 0. The number of hydrogen-bond acceptors (Lipinski definition) is 2. The van der Waals surface area contributed by atoms with E-state index < -0.39 is 0 Å². The quantitative estimate of drug-likeness (QED) is 0.517. The first-order valence-electron chi connectivity index (χ1n) is 6.94. The van der Waals surface area contributed by atoms with E-state index in [9.17, 15) is 0 Å². The summed E-state index contributed by atoms with van der Waals surface area (Å²) in [6, 6.07) is 14.4. The van der Waals surface area contributed by atoms with Crippen molar-refractivity contribution in [1.82, 2.24) is 14.5 Å². The Balaban J connectivity index is 2.31. The lowest BCUT2D eigenvalue weighted by Crippen LogP contribution is -1.97.